The lowest BCUT2D eigenvalue weighted by Gasteiger charge is -1.97. The summed E-state index contributed by atoms with van der Waals surface area (Å²) in [5, 5.41) is 0. The molecular weight excluding hydrogens is 313 g/mol. The van der Waals surface area contributed by atoms with Gasteiger partial charge >= 0.3 is 0 Å². The zero-order chi connectivity index (χ0) is 15.2. The van der Waals surface area contributed by atoms with Crippen LogP contribution in [0.25, 0.3) is 0 Å². The van der Waals surface area contributed by atoms with Crippen LogP contribution < -0.4 is 5.73 Å². The molecule has 0 aliphatic carbocycles. The number of nitrogens with two attached hydrogens (primary N) is 1. The van der Waals surface area contributed by atoms with Crippen molar-refractivity contribution in [1.82, 2.24) is 0 Å². The average molecular weight is 356 g/mol. The Balaban J connectivity index is -0.0000000497. The molecule has 0 rings (SSSR count). The lowest BCUT2D eigenvalue weighted by Crippen LogP contribution is -1.90. The smallest absolute Gasteiger partial charge is 0.0359 e. The highest BCUT2D eigenvalue weighted by Gasteiger charge is 1.87. The van der Waals surface area contributed by atoms with E-state index in [2.05, 4.69) is 19.7 Å². The van der Waals surface area contributed by atoms with Gasteiger partial charge in [-0.1, -0.05) is 59.8 Å². The summed E-state index contributed by atoms with van der Waals surface area (Å²) >= 11 is 10.1. The maximum absolute atomic E-state index is 5.05. The maximum Gasteiger partial charge on any atom is 0.0359 e. The molecule has 0 atom stereocenters. The number of alkyl halides is 2. The normalized spacial score (nSPS) is 7.23. The van der Waals surface area contributed by atoms with Crippen LogP contribution in [0.3, 0.4) is 0 Å². The Morgan fingerprint density at radius 3 is 1.09 bits per heavy atom. The first-order valence-corrected chi connectivity index (χ1v) is 7.96. The molecule has 0 saturated carbocycles. The van der Waals surface area contributed by atoms with Crippen molar-refractivity contribution in [3.63, 3.8) is 0 Å². The van der Waals surface area contributed by atoms with Crippen LogP contribution in [0.4, 0.5) is 0 Å². The Morgan fingerprint density at radius 2 is 0.909 bits per heavy atom. The first-order valence-electron chi connectivity index (χ1n) is 6.89. The fraction of sp³-hybridized carbons (Fsp3) is 0.684. The van der Waals surface area contributed by atoms with E-state index in [4.69, 9.17) is 28.9 Å². The van der Waals surface area contributed by atoms with E-state index in [9.17, 15) is 0 Å². The molecule has 0 aromatic carbocycles. The summed E-state index contributed by atoms with van der Waals surface area (Å²) in [6.07, 6.45) is 14.8. The minimum absolute atomic E-state index is 0. The molecular formula is C19H43Cl2N. The van der Waals surface area contributed by atoms with Crippen LogP contribution in [-0.4, -0.2) is 18.3 Å². The van der Waals surface area contributed by atoms with Crippen molar-refractivity contribution in [2.45, 2.75) is 67.2 Å². The second-order valence-corrected chi connectivity index (χ2v) is 4.58. The summed E-state index contributed by atoms with van der Waals surface area (Å²) < 4.78 is 0. The Labute approximate surface area is 152 Å². The van der Waals surface area contributed by atoms with Crippen molar-refractivity contribution in [3.05, 3.63) is 38.0 Å². The highest BCUT2D eigenvalue weighted by molar-refractivity contribution is 6.25. The number of halogens is 2. The molecule has 0 saturated heterocycles. The summed E-state index contributed by atoms with van der Waals surface area (Å²) in [6, 6.07) is 0. The van der Waals surface area contributed by atoms with E-state index < -0.39 is 0 Å². The second-order valence-electron chi connectivity index (χ2n) is 3.82. The largest absolute Gasteiger partial charge is 0.327 e. The molecule has 0 amide bonds. The zero-order valence-electron chi connectivity index (χ0n) is 12.3. The Hall–Kier alpha value is -0.240. The number of hydrogen-bond acceptors (Lipinski definition) is 1. The number of hydrogen-bond donors (Lipinski definition) is 1. The summed E-state index contributed by atoms with van der Waals surface area (Å²) in [7, 11) is 0. The summed E-state index contributed by atoms with van der Waals surface area (Å²) in [4.78, 5) is 0. The van der Waals surface area contributed by atoms with Crippen molar-refractivity contribution in [1.29, 1.82) is 0 Å². The standard InChI is InChI=1S/C11H20.C3H7N.C2H4Cl2.3CH4/c1-3-5-7-9-11-10-8-6-4-2;1-2-3-4;3-1-2-4;;;/h3-4H,1-2,5-11H2;2H,1,3-4H2;1-2H2;3*1H4. The molecule has 0 spiro atoms. The fourth-order valence-corrected chi connectivity index (χ4v) is 1.11. The van der Waals surface area contributed by atoms with E-state index >= 15 is 0 Å². The number of unbranched alkanes of at least 4 members (excludes halogenated alkanes) is 6. The minimum Gasteiger partial charge on any atom is -0.327 e. The summed E-state index contributed by atoms with van der Waals surface area (Å²) in [5.41, 5.74) is 4.91. The molecule has 0 radical (unpaired) electrons. The third-order valence-corrected chi connectivity index (χ3v) is 2.63. The van der Waals surface area contributed by atoms with Gasteiger partial charge < -0.3 is 5.73 Å². The van der Waals surface area contributed by atoms with Gasteiger partial charge in [-0.2, -0.15) is 0 Å². The van der Waals surface area contributed by atoms with Crippen LogP contribution in [0.15, 0.2) is 38.0 Å². The summed E-state index contributed by atoms with van der Waals surface area (Å²) in [5.74, 6) is 1.11. The van der Waals surface area contributed by atoms with E-state index in [0.29, 0.717) is 18.3 Å². The predicted octanol–water partition coefficient (Wildman–Crippen LogP) is 7.59. The first kappa shape index (κ1) is 37.8. The van der Waals surface area contributed by atoms with E-state index in [1.165, 1.54) is 44.9 Å². The van der Waals surface area contributed by atoms with Crippen molar-refractivity contribution in [3.8, 4) is 0 Å². The van der Waals surface area contributed by atoms with Gasteiger partial charge in [-0.15, -0.1) is 42.9 Å². The van der Waals surface area contributed by atoms with Gasteiger partial charge in [-0.25, -0.2) is 0 Å². The van der Waals surface area contributed by atoms with Crippen molar-refractivity contribution in [2.75, 3.05) is 18.3 Å². The molecule has 0 unspecified atom stereocenters. The Bertz CT molecular complexity index is 157. The van der Waals surface area contributed by atoms with Crippen LogP contribution in [0.5, 0.6) is 0 Å². The quantitative estimate of drug-likeness (QED) is 0.243. The van der Waals surface area contributed by atoms with Crippen LogP contribution >= 0.6 is 23.2 Å². The van der Waals surface area contributed by atoms with Gasteiger partial charge in [-0.05, 0) is 25.7 Å². The third kappa shape index (κ3) is 73.0. The van der Waals surface area contributed by atoms with Gasteiger partial charge in [0.15, 0.2) is 0 Å². The molecule has 1 nitrogen and oxygen atoms in total. The molecule has 138 valence electrons. The second kappa shape index (κ2) is 49.8. The fourth-order valence-electron chi connectivity index (χ4n) is 1.11. The van der Waals surface area contributed by atoms with Crippen molar-refractivity contribution < 1.29 is 0 Å². The molecule has 0 aromatic heterocycles. The number of rotatable bonds is 10. The Morgan fingerprint density at radius 1 is 0.636 bits per heavy atom. The van der Waals surface area contributed by atoms with Gasteiger partial charge in [0.2, 0.25) is 0 Å². The molecule has 0 bridgehead atoms. The van der Waals surface area contributed by atoms with Gasteiger partial charge in [0.05, 0.1) is 0 Å². The lowest BCUT2D eigenvalue weighted by atomic mass is 10.1. The minimum atomic E-state index is 0. The summed E-state index contributed by atoms with van der Waals surface area (Å²) in [6.45, 7) is 11.3. The zero-order valence-corrected chi connectivity index (χ0v) is 13.8. The molecule has 0 heterocycles. The van der Waals surface area contributed by atoms with Crippen LogP contribution in [0.2, 0.25) is 0 Å². The average Bonchev–Trinajstić information content (AvgIpc) is 2.47. The molecule has 22 heavy (non-hydrogen) atoms. The Kier molecular flexibility index (Phi) is 85.4. The topological polar surface area (TPSA) is 26.0 Å². The van der Waals surface area contributed by atoms with E-state index in [1.54, 1.807) is 6.08 Å². The third-order valence-electron chi connectivity index (χ3n) is 2.05. The monoisotopic (exact) mass is 355 g/mol. The van der Waals surface area contributed by atoms with Gasteiger partial charge in [0.25, 0.3) is 0 Å². The van der Waals surface area contributed by atoms with Crippen LogP contribution in [0, 0.1) is 0 Å². The molecule has 0 aliphatic rings. The van der Waals surface area contributed by atoms with E-state index in [0.717, 1.165) is 0 Å². The van der Waals surface area contributed by atoms with Crippen molar-refractivity contribution >= 4 is 23.2 Å². The van der Waals surface area contributed by atoms with Crippen LogP contribution in [0.1, 0.15) is 67.2 Å². The maximum atomic E-state index is 5.05. The van der Waals surface area contributed by atoms with Gasteiger partial charge in [-0.3, -0.25) is 0 Å². The van der Waals surface area contributed by atoms with E-state index in [-0.39, 0.29) is 22.3 Å². The lowest BCUT2D eigenvalue weighted by molar-refractivity contribution is 0.622. The SMILES string of the molecule is C.C.C.C=CCCCCCCCC=C.C=CCN.ClCCCl. The highest BCUT2D eigenvalue weighted by Crippen LogP contribution is 2.07. The predicted molar refractivity (Wildman–Crippen MR) is 114 cm³/mol. The van der Waals surface area contributed by atoms with E-state index in [1.807, 2.05) is 12.2 Å². The molecule has 0 fully saturated rings. The van der Waals surface area contributed by atoms with Crippen molar-refractivity contribution in [2.24, 2.45) is 5.73 Å². The van der Waals surface area contributed by atoms with Crippen LogP contribution in [-0.2, 0) is 0 Å². The van der Waals surface area contributed by atoms with Gasteiger partial charge in [0, 0.05) is 18.3 Å². The number of allylic oxidation sites excluding steroid dienone is 2. The molecule has 2 N–H and O–H groups in total. The molecule has 0 aliphatic heterocycles. The first-order chi connectivity index (χ1) is 9.24. The molecule has 0 aromatic rings. The van der Waals surface area contributed by atoms with Gasteiger partial charge in [0.1, 0.15) is 0 Å². The molecule has 3 heteroatoms. The highest BCUT2D eigenvalue weighted by atomic mass is 35.5.